The normalized spacial score (nSPS) is 23.2. The summed E-state index contributed by atoms with van der Waals surface area (Å²) in [7, 11) is -0.950. The number of aromatic nitrogens is 2. The highest BCUT2D eigenvalue weighted by molar-refractivity contribution is 7.98. The van der Waals surface area contributed by atoms with Crippen molar-refractivity contribution in [2.75, 3.05) is 48.2 Å². The van der Waals surface area contributed by atoms with E-state index in [1.54, 1.807) is 18.3 Å². The van der Waals surface area contributed by atoms with Gasteiger partial charge in [-0.05, 0) is 49.9 Å². The van der Waals surface area contributed by atoms with E-state index in [1.807, 2.05) is 24.3 Å². The van der Waals surface area contributed by atoms with Crippen LogP contribution in [0.25, 0.3) is 0 Å². The number of halogens is 1. The fraction of sp³-hybridized carbons (Fsp3) is 0.542. The lowest BCUT2D eigenvalue weighted by Crippen LogP contribution is -2.38. The molecule has 3 aliphatic rings. The molecule has 0 radical (unpaired) electrons. The molecule has 0 bridgehead atoms. The Morgan fingerprint density at radius 2 is 2.00 bits per heavy atom. The van der Waals surface area contributed by atoms with Gasteiger partial charge in [0.05, 0.1) is 48.0 Å². The second-order valence-corrected chi connectivity index (χ2v) is 12.5. The molecular weight excluding hydrogens is 520 g/mol. The van der Waals surface area contributed by atoms with E-state index in [4.69, 9.17) is 21.6 Å². The summed E-state index contributed by atoms with van der Waals surface area (Å²) in [6, 6.07) is 10.4. The maximum Gasteiger partial charge on any atom is 0.287 e. The van der Waals surface area contributed by atoms with E-state index in [0.717, 1.165) is 31.6 Å². The molecule has 9 nitrogen and oxygen atoms in total. The highest BCUT2D eigenvalue weighted by Crippen LogP contribution is 2.39. The Bertz CT molecular complexity index is 1190. The molecule has 0 spiro atoms. The maximum atomic E-state index is 13.0. The van der Waals surface area contributed by atoms with Crippen molar-refractivity contribution in [3.8, 4) is 6.07 Å². The van der Waals surface area contributed by atoms with Crippen molar-refractivity contribution in [3.05, 3.63) is 51.4 Å². The number of rotatable bonds is 8. The molecule has 3 heterocycles. The number of piperidine rings is 1. The lowest BCUT2D eigenvalue weighted by Gasteiger charge is -2.35. The molecule has 2 aromatic rings. The van der Waals surface area contributed by atoms with Crippen LogP contribution in [-0.4, -0.2) is 68.2 Å². The average Bonchev–Trinajstić information content (AvgIpc) is 3.75. The molecular formula is C24H29ClN6O3S2. The van der Waals surface area contributed by atoms with Gasteiger partial charge < -0.3 is 14.4 Å². The second-order valence-electron chi connectivity index (χ2n) is 9.24. The van der Waals surface area contributed by atoms with E-state index in [2.05, 4.69) is 25.1 Å². The van der Waals surface area contributed by atoms with Gasteiger partial charge in [0.1, 0.15) is 5.02 Å². The molecule has 2 atom stereocenters. The molecule has 2 unspecified atom stereocenters. The Morgan fingerprint density at radius 1 is 1.25 bits per heavy atom. The first-order valence-electron chi connectivity index (χ1n) is 12.2. The molecule has 1 N–H and O–H groups in total. The van der Waals surface area contributed by atoms with E-state index < -0.39 is 10.8 Å². The minimum atomic E-state index is -0.950. The molecule has 36 heavy (non-hydrogen) atoms. The van der Waals surface area contributed by atoms with Crippen molar-refractivity contribution >= 4 is 45.9 Å². The Balaban J connectivity index is 1.18. The number of hydrogen-bond donors (Lipinski definition) is 1. The number of anilines is 2. The molecule has 1 aliphatic carbocycles. The van der Waals surface area contributed by atoms with Crippen LogP contribution in [0.1, 0.15) is 37.3 Å². The van der Waals surface area contributed by atoms with E-state index >= 15 is 0 Å². The summed E-state index contributed by atoms with van der Waals surface area (Å²) < 4.78 is 23.7. The lowest BCUT2D eigenvalue weighted by atomic mass is 10.1. The predicted molar refractivity (Wildman–Crippen MR) is 144 cm³/mol. The summed E-state index contributed by atoms with van der Waals surface area (Å²) in [6.45, 7) is 3.03. The van der Waals surface area contributed by atoms with Crippen LogP contribution in [0.5, 0.6) is 0 Å². The van der Waals surface area contributed by atoms with Gasteiger partial charge in [-0.1, -0.05) is 11.6 Å². The van der Waals surface area contributed by atoms with Crippen LogP contribution in [0.2, 0.25) is 5.02 Å². The van der Waals surface area contributed by atoms with Gasteiger partial charge in [-0.2, -0.15) is 10.4 Å². The fourth-order valence-electron chi connectivity index (χ4n) is 4.41. The third-order valence-corrected chi connectivity index (χ3v) is 9.93. The van der Waals surface area contributed by atoms with E-state index in [-0.39, 0.29) is 21.9 Å². The van der Waals surface area contributed by atoms with Gasteiger partial charge in [0.25, 0.3) is 5.56 Å². The van der Waals surface area contributed by atoms with Crippen molar-refractivity contribution in [2.45, 2.75) is 43.0 Å². The summed E-state index contributed by atoms with van der Waals surface area (Å²) in [5.74, 6) is 0.531. The third kappa shape index (κ3) is 5.89. The number of nitrogens with one attached hydrogen (secondary N) is 1. The van der Waals surface area contributed by atoms with Gasteiger partial charge in [0, 0.05) is 60.0 Å². The van der Waals surface area contributed by atoms with Gasteiger partial charge in [0.2, 0.25) is 0 Å². The Morgan fingerprint density at radius 3 is 2.67 bits per heavy atom. The molecule has 1 aromatic carbocycles. The Labute approximate surface area is 222 Å². The Kier molecular flexibility index (Phi) is 8.18. The van der Waals surface area contributed by atoms with E-state index in [9.17, 15) is 9.00 Å². The van der Waals surface area contributed by atoms with E-state index in [0.29, 0.717) is 42.8 Å². The zero-order valence-electron chi connectivity index (χ0n) is 19.8. The van der Waals surface area contributed by atoms with Crippen LogP contribution >= 0.6 is 23.7 Å². The van der Waals surface area contributed by atoms with Crippen molar-refractivity contribution in [1.29, 1.82) is 5.26 Å². The quantitative estimate of drug-likeness (QED) is 0.498. The minimum Gasteiger partial charge on any atom is -0.381 e. The summed E-state index contributed by atoms with van der Waals surface area (Å²) >= 11 is 8.15. The largest absolute Gasteiger partial charge is 0.381 e. The standard InChI is InChI=1S/C24H29ClN6O3S2/c25-23-22(27-14-21-16-34-11-12-36(21)33)15-28-30(24(23)32)18-7-9-29(10-8-18)35-31(20-5-6-20)19-3-1-17(13-26)2-4-19/h1-4,15,18,20-21,27H,5-12,14,16H2. The van der Waals surface area contributed by atoms with E-state index in [1.165, 1.54) is 17.5 Å². The number of benzene rings is 1. The first-order chi connectivity index (χ1) is 17.5. The predicted octanol–water partition coefficient (Wildman–Crippen LogP) is 3.20. The fourth-order valence-corrected chi connectivity index (χ4v) is 6.93. The smallest absolute Gasteiger partial charge is 0.287 e. The zero-order valence-corrected chi connectivity index (χ0v) is 22.2. The molecule has 3 fully saturated rings. The first-order valence-corrected chi connectivity index (χ1v) is 14.7. The van der Waals surface area contributed by atoms with Crippen LogP contribution in [0.3, 0.4) is 0 Å². The molecule has 5 rings (SSSR count). The van der Waals surface area contributed by atoms with Gasteiger partial charge in [-0.3, -0.25) is 9.00 Å². The number of nitrogens with zero attached hydrogens (tertiary/aromatic N) is 5. The highest BCUT2D eigenvalue weighted by Gasteiger charge is 2.33. The number of hydrogen-bond acceptors (Lipinski definition) is 9. The number of nitriles is 1. The van der Waals surface area contributed by atoms with Gasteiger partial charge in [-0.25, -0.2) is 8.99 Å². The Hall–Kier alpha value is -2.10. The molecule has 12 heteroatoms. The second kappa shape index (κ2) is 11.5. The summed E-state index contributed by atoms with van der Waals surface area (Å²) in [5, 5.41) is 16.6. The van der Waals surface area contributed by atoms with Crippen molar-refractivity contribution < 1.29 is 8.95 Å². The monoisotopic (exact) mass is 548 g/mol. The van der Waals surface area contributed by atoms with Crippen LogP contribution in [0, 0.1) is 11.3 Å². The zero-order chi connectivity index (χ0) is 25.1. The average molecular weight is 549 g/mol. The first kappa shape index (κ1) is 25.5. The maximum absolute atomic E-state index is 13.0. The molecule has 0 amide bonds. The van der Waals surface area contributed by atoms with Crippen LogP contribution in [0.15, 0.2) is 35.3 Å². The van der Waals surface area contributed by atoms with Crippen molar-refractivity contribution in [2.24, 2.45) is 0 Å². The number of ether oxygens (including phenoxy) is 1. The minimum absolute atomic E-state index is 0.00978. The van der Waals surface area contributed by atoms with Gasteiger partial charge >= 0.3 is 0 Å². The summed E-state index contributed by atoms with van der Waals surface area (Å²) in [6.07, 6.45) is 5.54. The summed E-state index contributed by atoms with van der Waals surface area (Å²) in [4.78, 5) is 13.0. The third-order valence-electron chi connectivity index (χ3n) is 6.67. The molecule has 2 aliphatic heterocycles. The molecule has 1 aromatic heterocycles. The molecule has 192 valence electrons. The van der Waals surface area contributed by atoms with Crippen LogP contribution in [-0.2, 0) is 15.5 Å². The van der Waals surface area contributed by atoms with Gasteiger partial charge in [0.15, 0.2) is 0 Å². The van der Waals surface area contributed by atoms with Crippen LogP contribution in [0.4, 0.5) is 11.4 Å². The molecule has 2 saturated heterocycles. The lowest BCUT2D eigenvalue weighted by molar-refractivity contribution is 0.142. The topological polar surface area (TPSA) is 103 Å². The molecule has 1 saturated carbocycles. The highest BCUT2D eigenvalue weighted by atomic mass is 35.5. The van der Waals surface area contributed by atoms with Crippen LogP contribution < -0.4 is 15.2 Å². The van der Waals surface area contributed by atoms with Crippen molar-refractivity contribution in [1.82, 2.24) is 14.1 Å². The SMILES string of the molecule is N#Cc1ccc(N(SN2CCC(n3ncc(NCC4COCCS4=O)c(Cl)c3=O)CC2)C2CC2)cc1. The van der Waals surface area contributed by atoms with Gasteiger partial charge in [-0.15, -0.1) is 0 Å². The summed E-state index contributed by atoms with van der Waals surface area (Å²) in [5.41, 5.74) is 1.94. The van der Waals surface area contributed by atoms with Crippen molar-refractivity contribution in [3.63, 3.8) is 0 Å².